The number of likely N-dealkylation sites (tertiary alicyclic amines) is 1. The Bertz CT molecular complexity index is 731. The van der Waals surface area contributed by atoms with Crippen molar-refractivity contribution < 1.29 is 4.79 Å². The Hall–Kier alpha value is -2.64. The van der Waals surface area contributed by atoms with Crippen LogP contribution in [-0.4, -0.2) is 30.4 Å². The van der Waals surface area contributed by atoms with Crippen molar-refractivity contribution in [2.45, 2.75) is 25.8 Å². The van der Waals surface area contributed by atoms with Crippen LogP contribution in [0.25, 0.3) is 0 Å². The molecule has 1 heterocycles. The largest absolute Gasteiger partial charge is 0.308 e. The average Bonchev–Trinajstić information content (AvgIpc) is 2.72. The lowest BCUT2D eigenvalue weighted by atomic mass is 9.94. The van der Waals surface area contributed by atoms with Gasteiger partial charge in [0.1, 0.15) is 0 Å². The van der Waals surface area contributed by atoms with Gasteiger partial charge in [0.05, 0.1) is 12.6 Å². The van der Waals surface area contributed by atoms with Gasteiger partial charge in [-0.2, -0.15) is 5.26 Å². The van der Waals surface area contributed by atoms with Gasteiger partial charge in [0, 0.05) is 24.6 Å². The maximum Gasteiger partial charge on any atom is 0.230 e. The molecule has 1 saturated heterocycles. The predicted molar refractivity (Wildman–Crippen MR) is 103 cm³/mol. The average molecular weight is 347 g/mol. The lowest BCUT2D eigenvalue weighted by Crippen LogP contribution is -2.42. The number of carbonyl (C=O) groups excluding carboxylic acids is 1. The molecule has 4 nitrogen and oxygen atoms in total. The number of para-hydroxylation sites is 1. The van der Waals surface area contributed by atoms with Gasteiger partial charge in [-0.1, -0.05) is 48.5 Å². The molecule has 0 radical (unpaired) electrons. The molecule has 1 fully saturated rings. The van der Waals surface area contributed by atoms with Gasteiger partial charge in [0.25, 0.3) is 0 Å². The number of hydrogen-bond acceptors (Lipinski definition) is 3. The summed E-state index contributed by atoms with van der Waals surface area (Å²) in [7, 11) is 0. The second kappa shape index (κ2) is 9.17. The highest BCUT2D eigenvalue weighted by Gasteiger charge is 2.29. The van der Waals surface area contributed by atoms with Crippen molar-refractivity contribution in [2.24, 2.45) is 5.92 Å². The quantitative estimate of drug-likeness (QED) is 0.797. The van der Waals surface area contributed by atoms with E-state index in [-0.39, 0.29) is 11.8 Å². The molecule has 1 aliphatic rings. The zero-order valence-electron chi connectivity index (χ0n) is 15.1. The Balaban J connectivity index is 1.71. The fraction of sp³-hybridized carbons (Fsp3) is 0.364. The number of nitrogens with zero attached hydrogens (tertiary/aromatic N) is 3. The Kier molecular flexibility index (Phi) is 6.40. The van der Waals surface area contributed by atoms with Gasteiger partial charge in [-0.3, -0.25) is 4.79 Å². The molecular formula is C22H25N3O. The number of benzene rings is 2. The van der Waals surface area contributed by atoms with E-state index in [4.69, 9.17) is 5.26 Å². The first kappa shape index (κ1) is 18.2. The van der Waals surface area contributed by atoms with Gasteiger partial charge in [-0.05, 0) is 43.6 Å². The molecule has 2 aromatic rings. The zero-order chi connectivity index (χ0) is 18.2. The Morgan fingerprint density at radius 1 is 1.04 bits per heavy atom. The van der Waals surface area contributed by atoms with Crippen LogP contribution in [-0.2, 0) is 11.3 Å². The second-order valence-corrected chi connectivity index (χ2v) is 6.77. The Morgan fingerprint density at radius 3 is 2.27 bits per heavy atom. The molecule has 134 valence electrons. The highest BCUT2D eigenvalue weighted by atomic mass is 16.2. The van der Waals surface area contributed by atoms with Gasteiger partial charge in [-0.15, -0.1) is 0 Å². The second-order valence-electron chi connectivity index (χ2n) is 6.77. The van der Waals surface area contributed by atoms with Crippen molar-refractivity contribution in [3.63, 3.8) is 0 Å². The number of hydrogen-bond donors (Lipinski definition) is 0. The molecule has 1 aliphatic heterocycles. The molecular weight excluding hydrogens is 322 g/mol. The highest BCUT2D eigenvalue weighted by Crippen LogP contribution is 2.25. The lowest BCUT2D eigenvalue weighted by Gasteiger charge is -2.34. The van der Waals surface area contributed by atoms with E-state index < -0.39 is 0 Å². The zero-order valence-corrected chi connectivity index (χ0v) is 15.1. The molecule has 1 amide bonds. The minimum Gasteiger partial charge on any atom is -0.308 e. The minimum atomic E-state index is 0.0530. The van der Waals surface area contributed by atoms with Gasteiger partial charge in [-0.25, -0.2) is 0 Å². The smallest absolute Gasteiger partial charge is 0.230 e. The monoisotopic (exact) mass is 347 g/mol. The summed E-state index contributed by atoms with van der Waals surface area (Å²) in [5.74, 6) is 0.261. The Morgan fingerprint density at radius 2 is 1.65 bits per heavy atom. The van der Waals surface area contributed by atoms with Crippen LogP contribution in [0.5, 0.6) is 0 Å². The molecule has 3 rings (SSSR count). The van der Waals surface area contributed by atoms with Gasteiger partial charge >= 0.3 is 0 Å². The summed E-state index contributed by atoms with van der Waals surface area (Å²) in [6, 6.07) is 22.3. The van der Waals surface area contributed by atoms with Crippen molar-refractivity contribution in [3.8, 4) is 6.07 Å². The van der Waals surface area contributed by atoms with E-state index in [1.807, 2.05) is 53.4 Å². The van der Waals surface area contributed by atoms with Crippen molar-refractivity contribution in [1.82, 2.24) is 4.90 Å². The fourth-order valence-corrected chi connectivity index (χ4v) is 3.50. The third-order valence-electron chi connectivity index (χ3n) is 4.99. The first-order valence-corrected chi connectivity index (χ1v) is 9.27. The third kappa shape index (κ3) is 4.71. The van der Waals surface area contributed by atoms with Crippen LogP contribution in [0.2, 0.25) is 0 Å². The van der Waals surface area contributed by atoms with Crippen molar-refractivity contribution in [2.75, 3.05) is 24.5 Å². The number of piperidine rings is 1. The minimum absolute atomic E-state index is 0.0530. The molecule has 0 aliphatic carbocycles. The van der Waals surface area contributed by atoms with Crippen LogP contribution in [0.4, 0.5) is 5.69 Å². The molecule has 0 bridgehead atoms. The van der Waals surface area contributed by atoms with E-state index in [0.29, 0.717) is 13.0 Å². The summed E-state index contributed by atoms with van der Waals surface area (Å²) in [6.07, 6.45) is 2.29. The van der Waals surface area contributed by atoms with Crippen molar-refractivity contribution in [3.05, 3.63) is 66.2 Å². The van der Waals surface area contributed by atoms with Gasteiger partial charge in [0.2, 0.25) is 5.91 Å². The van der Waals surface area contributed by atoms with Gasteiger partial charge < -0.3 is 9.80 Å². The number of nitriles is 1. The molecule has 0 spiro atoms. The molecule has 2 aromatic carbocycles. The summed E-state index contributed by atoms with van der Waals surface area (Å²) in [4.78, 5) is 17.5. The van der Waals surface area contributed by atoms with Crippen molar-refractivity contribution >= 4 is 11.6 Å². The molecule has 0 aromatic heterocycles. The van der Waals surface area contributed by atoms with Crippen LogP contribution >= 0.6 is 0 Å². The summed E-state index contributed by atoms with van der Waals surface area (Å²) in [5.41, 5.74) is 2.09. The topological polar surface area (TPSA) is 47.3 Å². The molecule has 0 atom stereocenters. The number of rotatable bonds is 6. The Labute approximate surface area is 155 Å². The molecule has 4 heteroatoms. The van der Waals surface area contributed by atoms with Crippen LogP contribution < -0.4 is 4.90 Å². The van der Waals surface area contributed by atoms with E-state index in [9.17, 15) is 4.79 Å². The number of carbonyl (C=O) groups is 1. The summed E-state index contributed by atoms with van der Waals surface area (Å²) in [6.45, 7) is 3.19. The van der Waals surface area contributed by atoms with Crippen LogP contribution in [0, 0.1) is 17.2 Å². The third-order valence-corrected chi connectivity index (χ3v) is 4.99. The normalized spacial score (nSPS) is 15.3. The molecule has 0 unspecified atom stereocenters. The predicted octanol–water partition coefficient (Wildman–Crippen LogP) is 3.85. The SMILES string of the molecule is N#CCCN1CCC(C(=O)N(Cc2ccccc2)c2ccccc2)CC1. The van der Waals surface area contributed by atoms with Crippen LogP contribution in [0.3, 0.4) is 0 Å². The van der Waals surface area contributed by atoms with Gasteiger partial charge in [0.15, 0.2) is 0 Å². The molecule has 0 N–H and O–H groups in total. The molecule has 0 saturated carbocycles. The standard InChI is InChI=1S/C22H25N3O/c23-14-7-15-24-16-12-20(13-17-24)22(26)25(21-10-5-2-6-11-21)18-19-8-3-1-4-9-19/h1-6,8-11,20H,7,12-13,15-18H2. The van der Waals surface area contributed by atoms with Crippen molar-refractivity contribution in [1.29, 1.82) is 5.26 Å². The molecule has 26 heavy (non-hydrogen) atoms. The first-order chi connectivity index (χ1) is 12.8. The summed E-state index contributed by atoms with van der Waals surface area (Å²) in [5, 5.41) is 8.74. The highest BCUT2D eigenvalue weighted by molar-refractivity contribution is 5.95. The summed E-state index contributed by atoms with van der Waals surface area (Å²) >= 11 is 0. The van der Waals surface area contributed by atoms with E-state index in [2.05, 4.69) is 23.1 Å². The van der Waals surface area contributed by atoms with E-state index >= 15 is 0 Å². The van der Waals surface area contributed by atoms with E-state index in [1.54, 1.807) is 0 Å². The first-order valence-electron chi connectivity index (χ1n) is 9.27. The van der Waals surface area contributed by atoms with Crippen LogP contribution in [0.15, 0.2) is 60.7 Å². The maximum atomic E-state index is 13.3. The maximum absolute atomic E-state index is 13.3. The fourth-order valence-electron chi connectivity index (χ4n) is 3.50. The van der Waals surface area contributed by atoms with E-state index in [1.165, 1.54) is 0 Å². The lowest BCUT2D eigenvalue weighted by molar-refractivity contribution is -0.123. The number of anilines is 1. The van der Waals surface area contributed by atoms with E-state index in [0.717, 1.165) is 43.7 Å². The summed E-state index contributed by atoms with van der Waals surface area (Å²) < 4.78 is 0. The van der Waals surface area contributed by atoms with Crippen LogP contribution in [0.1, 0.15) is 24.8 Å². The number of amides is 1.